The quantitative estimate of drug-likeness (QED) is 0.704. The molecule has 28 heavy (non-hydrogen) atoms. The molecule has 0 saturated carbocycles. The zero-order valence-corrected chi connectivity index (χ0v) is 16.1. The van der Waals surface area contributed by atoms with E-state index in [0.29, 0.717) is 5.69 Å². The minimum Gasteiger partial charge on any atom is -0.337 e. The number of aromatic nitrogens is 2. The minimum absolute atomic E-state index is 0.0618. The van der Waals surface area contributed by atoms with Crippen molar-refractivity contribution in [3.8, 4) is 0 Å². The van der Waals surface area contributed by atoms with Crippen LogP contribution < -0.4 is 0 Å². The Morgan fingerprint density at radius 1 is 0.857 bits per heavy atom. The van der Waals surface area contributed by atoms with Crippen molar-refractivity contribution in [1.29, 1.82) is 0 Å². The van der Waals surface area contributed by atoms with Gasteiger partial charge in [0.2, 0.25) is 0 Å². The van der Waals surface area contributed by atoms with E-state index in [4.69, 9.17) is 0 Å². The Hall–Kier alpha value is -2.66. The first-order valence-electron chi connectivity index (χ1n) is 10.3. The molecule has 2 aliphatic heterocycles. The summed E-state index contributed by atoms with van der Waals surface area (Å²) in [5.74, 6) is 0.0809. The van der Waals surface area contributed by atoms with Crippen molar-refractivity contribution in [2.24, 2.45) is 0 Å². The Balaban J connectivity index is 1.41. The number of amides is 1. The van der Waals surface area contributed by atoms with E-state index in [1.807, 2.05) is 29.2 Å². The van der Waals surface area contributed by atoms with E-state index in [1.165, 1.54) is 18.4 Å². The van der Waals surface area contributed by atoms with Gasteiger partial charge in [-0.1, -0.05) is 36.4 Å². The van der Waals surface area contributed by atoms with Crippen LogP contribution in [0.15, 0.2) is 60.8 Å². The molecule has 0 aliphatic carbocycles. The molecule has 0 atom stereocenters. The second-order valence-corrected chi connectivity index (χ2v) is 7.96. The molecule has 5 heteroatoms. The molecular formula is C23H26N4O. The predicted octanol–water partition coefficient (Wildman–Crippen LogP) is 3.56. The Morgan fingerprint density at radius 3 is 2.36 bits per heavy atom. The van der Waals surface area contributed by atoms with Gasteiger partial charge in [0.25, 0.3) is 5.91 Å². The van der Waals surface area contributed by atoms with Crippen molar-refractivity contribution in [2.75, 3.05) is 26.2 Å². The average Bonchev–Trinajstić information content (AvgIpc) is 3.46. The van der Waals surface area contributed by atoms with Crippen LogP contribution in [-0.2, 0) is 5.54 Å². The molecule has 2 aliphatic rings. The van der Waals surface area contributed by atoms with E-state index in [0.717, 1.165) is 44.5 Å². The molecule has 4 heterocycles. The first kappa shape index (κ1) is 17.4. The van der Waals surface area contributed by atoms with E-state index in [1.54, 1.807) is 10.7 Å². The lowest BCUT2D eigenvalue weighted by molar-refractivity contribution is 0.0290. The number of rotatable bonds is 3. The van der Waals surface area contributed by atoms with Crippen LogP contribution in [0.1, 0.15) is 41.7 Å². The third-order valence-electron chi connectivity index (χ3n) is 6.54. The van der Waals surface area contributed by atoms with Crippen LogP contribution >= 0.6 is 0 Å². The average molecular weight is 374 g/mol. The number of likely N-dealkylation sites (tertiary alicyclic amines) is 2. The largest absolute Gasteiger partial charge is 0.337 e. The van der Waals surface area contributed by atoms with Gasteiger partial charge in [0, 0.05) is 18.6 Å². The molecule has 0 spiro atoms. The predicted molar refractivity (Wildman–Crippen MR) is 109 cm³/mol. The molecule has 144 valence electrons. The standard InChI is InChI=1S/C23H26N4O/c28-22(21-10-6-9-20-11-14-24-27(20)21)25-17-12-23(13-18-25,26-15-4-5-16-26)19-7-2-1-3-8-19/h1-3,6-11,14H,4-5,12-13,15-18H2. The number of nitrogens with zero attached hydrogens (tertiary/aromatic N) is 4. The van der Waals surface area contributed by atoms with Crippen molar-refractivity contribution >= 4 is 11.4 Å². The van der Waals surface area contributed by atoms with Crippen molar-refractivity contribution in [2.45, 2.75) is 31.2 Å². The molecule has 2 fully saturated rings. The topological polar surface area (TPSA) is 40.9 Å². The number of hydrogen-bond donors (Lipinski definition) is 0. The fraction of sp³-hybridized carbons (Fsp3) is 0.391. The van der Waals surface area contributed by atoms with Gasteiger partial charge >= 0.3 is 0 Å². The number of benzene rings is 1. The van der Waals surface area contributed by atoms with Gasteiger partial charge in [-0.05, 0) is 62.5 Å². The molecule has 5 rings (SSSR count). The van der Waals surface area contributed by atoms with E-state index in [9.17, 15) is 4.79 Å². The highest BCUT2D eigenvalue weighted by atomic mass is 16.2. The van der Waals surface area contributed by atoms with Gasteiger partial charge in [0.15, 0.2) is 0 Å². The summed E-state index contributed by atoms with van der Waals surface area (Å²) < 4.78 is 1.75. The maximum atomic E-state index is 13.2. The smallest absolute Gasteiger partial charge is 0.272 e. The fourth-order valence-electron chi connectivity index (χ4n) is 5.03. The summed E-state index contributed by atoms with van der Waals surface area (Å²) in [7, 11) is 0. The van der Waals surface area contributed by atoms with E-state index >= 15 is 0 Å². The first-order chi connectivity index (χ1) is 13.8. The molecule has 1 aromatic carbocycles. The number of piperidine rings is 1. The third kappa shape index (κ3) is 2.81. The molecule has 0 N–H and O–H groups in total. The first-order valence-corrected chi connectivity index (χ1v) is 10.3. The van der Waals surface area contributed by atoms with Crippen LogP contribution in [-0.4, -0.2) is 51.5 Å². The highest BCUT2D eigenvalue weighted by molar-refractivity contribution is 5.93. The van der Waals surface area contributed by atoms with Crippen LogP contribution in [0.5, 0.6) is 0 Å². The molecule has 5 nitrogen and oxygen atoms in total. The van der Waals surface area contributed by atoms with Crippen molar-refractivity contribution < 1.29 is 4.79 Å². The van der Waals surface area contributed by atoms with Crippen molar-refractivity contribution in [1.82, 2.24) is 19.4 Å². The number of carbonyl (C=O) groups is 1. The Labute approximate surface area is 165 Å². The summed E-state index contributed by atoms with van der Waals surface area (Å²) in [4.78, 5) is 17.9. The van der Waals surface area contributed by atoms with E-state index in [2.05, 4.69) is 40.3 Å². The van der Waals surface area contributed by atoms with Gasteiger partial charge in [-0.25, -0.2) is 4.52 Å². The lowest BCUT2D eigenvalue weighted by atomic mass is 9.79. The van der Waals surface area contributed by atoms with Gasteiger partial charge in [-0.15, -0.1) is 0 Å². The molecule has 2 saturated heterocycles. The molecule has 0 bridgehead atoms. The fourth-order valence-corrected chi connectivity index (χ4v) is 5.03. The normalized spacial score (nSPS) is 19.9. The summed E-state index contributed by atoms with van der Waals surface area (Å²) in [6, 6.07) is 18.6. The second kappa shape index (κ2) is 7.06. The highest BCUT2D eigenvalue weighted by Crippen LogP contribution is 2.41. The molecule has 2 aromatic heterocycles. The lowest BCUT2D eigenvalue weighted by Crippen LogP contribution is -2.53. The summed E-state index contributed by atoms with van der Waals surface area (Å²) >= 11 is 0. The minimum atomic E-state index is 0.0618. The third-order valence-corrected chi connectivity index (χ3v) is 6.54. The van der Waals surface area contributed by atoms with Crippen LogP contribution in [0.2, 0.25) is 0 Å². The maximum Gasteiger partial charge on any atom is 0.272 e. The van der Waals surface area contributed by atoms with Crippen molar-refractivity contribution in [3.63, 3.8) is 0 Å². The summed E-state index contributed by atoms with van der Waals surface area (Å²) in [6.45, 7) is 3.88. The number of fused-ring (bicyclic) bond motifs is 1. The molecular weight excluding hydrogens is 348 g/mol. The van der Waals surface area contributed by atoms with Gasteiger partial charge in [-0.2, -0.15) is 5.10 Å². The number of carbonyl (C=O) groups excluding carboxylic acids is 1. The van der Waals surface area contributed by atoms with Gasteiger partial charge in [0.05, 0.1) is 11.7 Å². The summed E-state index contributed by atoms with van der Waals surface area (Å²) in [5, 5.41) is 4.33. The van der Waals surface area contributed by atoms with Crippen LogP contribution in [0.4, 0.5) is 0 Å². The van der Waals surface area contributed by atoms with Crippen LogP contribution in [0, 0.1) is 0 Å². The molecule has 0 unspecified atom stereocenters. The maximum absolute atomic E-state index is 13.2. The van der Waals surface area contributed by atoms with E-state index < -0.39 is 0 Å². The Kier molecular flexibility index (Phi) is 4.40. The SMILES string of the molecule is O=C(c1cccc2ccnn12)N1CCC(c2ccccc2)(N2CCCC2)CC1. The summed E-state index contributed by atoms with van der Waals surface area (Å²) in [5.41, 5.74) is 3.07. The zero-order valence-electron chi connectivity index (χ0n) is 16.1. The van der Waals surface area contributed by atoms with Crippen LogP contribution in [0.25, 0.3) is 5.52 Å². The number of hydrogen-bond acceptors (Lipinski definition) is 3. The monoisotopic (exact) mass is 374 g/mol. The van der Waals surface area contributed by atoms with Gasteiger partial charge < -0.3 is 4.90 Å². The molecule has 1 amide bonds. The van der Waals surface area contributed by atoms with Crippen molar-refractivity contribution in [3.05, 3.63) is 72.1 Å². The zero-order chi connectivity index (χ0) is 19.0. The second-order valence-electron chi connectivity index (χ2n) is 7.96. The van der Waals surface area contributed by atoms with E-state index in [-0.39, 0.29) is 11.4 Å². The highest BCUT2D eigenvalue weighted by Gasteiger charge is 2.43. The Morgan fingerprint density at radius 2 is 1.61 bits per heavy atom. The lowest BCUT2D eigenvalue weighted by Gasteiger charge is -2.48. The van der Waals surface area contributed by atoms with Gasteiger partial charge in [0.1, 0.15) is 5.69 Å². The number of pyridine rings is 1. The summed E-state index contributed by atoms with van der Waals surface area (Å²) in [6.07, 6.45) is 6.27. The molecule has 3 aromatic rings. The Bertz CT molecular complexity index is 966. The van der Waals surface area contributed by atoms with Crippen LogP contribution in [0.3, 0.4) is 0 Å². The van der Waals surface area contributed by atoms with Gasteiger partial charge in [-0.3, -0.25) is 9.69 Å². The molecule has 0 radical (unpaired) electrons.